The predicted octanol–water partition coefficient (Wildman–Crippen LogP) is 2.04. The summed E-state index contributed by atoms with van der Waals surface area (Å²) in [5.41, 5.74) is 5.48. The van der Waals surface area contributed by atoms with Crippen LogP contribution in [-0.2, 0) is 9.59 Å². The fourth-order valence-electron chi connectivity index (χ4n) is 2.80. The minimum Gasteiger partial charge on any atom is -0.342 e. The fourth-order valence-corrected chi connectivity index (χ4v) is 2.80. The van der Waals surface area contributed by atoms with E-state index >= 15 is 0 Å². The first-order valence-corrected chi connectivity index (χ1v) is 8.04. The maximum Gasteiger partial charge on any atom is 0.406 e. The van der Waals surface area contributed by atoms with Gasteiger partial charge in [0.05, 0.1) is 5.92 Å². The molecule has 0 aromatic heterocycles. The third kappa shape index (κ3) is 6.84. The van der Waals surface area contributed by atoms with Gasteiger partial charge in [0.1, 0.15) is 6.54 Å². The Balaban J connectivity index is 0.00000529. The van der Waals surface area contributed by atoms with Crippen molar-refractivity contribution in [3.63, 3.8) is 0 Å². The van der Waals surface area contributed by atoms with Crippen LogP contribution in [0.25, 0.3) is 0 Å². The van der Waals surface area contributed by atoms with Crippen LogP contribution in [0.2, 0.25) is 0 Å². The van der Waals surface area contributed by atoms with Crippen LogP contribution in [0.3, 0.4) is 0 Å². The van der Waals surface area contributed by atoms with E-state index in [-0.39, 0.29) is 43.9 Å². The molecule has 2 N–H and O–H groups in total. The second-order valence-corrected chi connectivity index (χ2v) is 6.14. The first-order chi connectivity index (χ1) is 10.7. The Bertz CT molecular complexity index is 421. The molecule has 2 atom stereocenters. The van der Waals surface area contributed by atoms with Crippen molar-refractivity contribution in [1.29, 1.82) is 0 Å². The summed E-state index contributed by atoms with van der Waals surface area (Å²) in [4.78, 5) is 27.0. The second-order valence-electron chi connectivity index (χ2n) is 6.14. The molecule has 0 aromatic carbocycles. The molecule has 1 aliphatic rings. The smallest absolute Gasteiger partial charge is 0.342 e. The molecule has 0 spiro atoms. The summed E-state index contributed by atoms with van der Waals surface area (Å²) in [6.07, 6.45) is -2.83. The Morgan fingerprint density at radius 1 is 1.38 bits per heavy atom. The van der Waals surface area contributed by atoms with E-state index < -0.39 is 24.5 Å². The summed E-state index contributed by atoms with van der Waals surface area (Å²) >= 11 is 0. The molecule has 5 nitrogen and oxygen atoms in total. The van der Waals surface area contributed by atoms with Crippen LogP contribution in [0.15, 0.2) is 0 Å². The lowest BCUT2D eigenvalue weighted by atomic mass is 9.95. The Kier molecular flexibility index (Phi) is 9.65. The van der Waals surface area contributed by atoms with Crippen molar-refractivity contribution in [2.45, 2.75) is 39.3 Å². The highest BCUT2D eigenvalue weighted by Gasteiger charge is 2.37. The first-order valence-electron chi connectivity index (χ1n) is 8.04. The number of likely N-dealkylation sites (tertiary alicyclic amines) is 1. The highest BCUT2D eigenvalue weighted by Crippen LogP contribution is 2.23. The summed E-state index contributed by atoms with van der Waals surface area (Å²) in [6.45, 7) is 3.20. The zero-order chi connectivity index (χ0) is 17.6. The maximum absolute atomic E-state index is 12.6. The Labute approximate surface area is 147 Å². The number of rotatable bonds is 6. The number of amides is 2. The van der Waals surface area contributed by atoms with Gasteiger partial charge in [-0.25, -0.2) is 0 Å². The normalized spacial score (nSPS) is 19.4. The van der Waals surface area contributed by atoms with Crippen LogP contribution in [0, 0.1) is 11.8 Å². The first kappa shape index (κ1) is 23.0. The monoisotopic (exact) mass is 373 g/mol. The second kappa shape index (κ2) is 10.1. The zero-order valence-electron chi connectivity index (χ0n) is 14.1. The molecule has 1 fully saturated rings. The Morgan fingerprint density at radius 3 is 2.50 bits per heavy atom. The minimum absolute atomic E-state index is 0. The van der Waals surface area contributed by atoms with Gasteiger partial charge in [0.15, 0.2) is 0 Å². The van der Waals surface area contributed by atoms with Crippen LogP contribution < -0.4 is 5.73 Å². The van der Waals surface area contributed by atoms with Gasteiger partial charge in [0.2, 0.25) is 11.8 Å². The molecule has 0 bridgehead atoms. The largest absolute Gasteiger partial charge is 0.406 e. The molecular formula is C15H27ClF3N3O2. The summed E-state index contributed by atoms with van der Waals surface area (Å²) in [5, 5.41) is 0. The number of halogens is 4. The molecule has 0 radical (unpaired) electrons. The van der Waals surface area contributed by atoms with Gasteiger partial charge in [-0.15, -0.1) is 12.4 Å². The number of carbonyl (C=O) groups is 2. The SMILES string of the molecule is CCCN(CC(F)(F)F)C(=O)C1CCCN(C(=O)C(C)CN)C1.Cl. The van der Waals surface area contributed by atoms with Crippen molar-refractivity contribution in [3.8, 4) is 0 Å². The lowest BCUT2D eigenvalue weighted by Gasteiger charge is -2.36. The van der Waals surface area contributed by atoms with Gasteiger partial charge < -0.3 is 15.5 Å². The van der Waals surface area contributed by atoms with Gasteiger partial charge >= 0.3 is 6.18 Å². The van der Waals surface area contributed by atoms with E-state index in [0.717, 1.165) is 4.90 Å². The van der Waals surface area contributed by atoms with Crippen molar-refractivity contribution in [2.24, 2.45) is 17.6 Å². The van der Waals surface area contributed by atoms with Crippen LogP contribution in [-0.4, -0.2) is 60.5 Å². The molecular weight excluding hydrogens is 347 g/mol. The lowest BCUT2D eigenvalue weighted by Crippen LogP contribution is -2.50. The van der Waals surface area contributed by atoms with Crippen LogP contribution in [0.5, 0.6) is 0 Å². The van der Waals surface area contributed by atoms with Gasteiger partial charge in [0.25, 0.3) is 0 Å². The molecule has 1 heterocycles. The molecule has 2 unspecified atom stereocenters. The van der Waals surface area contributed by atoms with E-state index in [1.807, 2.05) is 0 Å². The van der Waals surface area contributed by atoms with Crippen molar-refractivity contribution < 1.29 is 22.8 Å². The van der Waals surface area contributed by atoms with Crippen molar-refractivity contribution in [3.05, 3.63) is 0 Å². The van der Waals surface area contributed by atoms with Crippen LogP contribution >= 0.6 is 12.4 Å². The Hall–Kier alpha value is -1.02. The quantitative estimate of drug-likeness (QED) is 0.774. The van der Waals surface area contributed by atoms with Gasteiger partial charge in [-0.05, 0) is 19.3 Å². The summed E-state index contributed by atoms with van der Waals surface area (Å²) in [5.74, 6) is -1.55. The summed E-state index contributed by atoms with van der Waals surface area (Å²) < 4.78 is 37.9. The lowest BCUT2D eigenvalue weighted by molar-refractivity contribution is -0.165. The molecule has 0 aliphatic carbocycles. The van der Waals surface area contributed by atoms with Gasteiger partial charge in [0, 0.05) is 32.1 Å². The molecule has 9 heteroatoms. The number of hydrogen-bond donors (Lipinski definition) is 1. The van der Waals surface area contributed by atoms with Crippen LogP contribution in [0.1, 0.15) is 33.1 Å². The minimum atomic E-state index is -4.41. The standard InChI is InChI=1S/C15H26F3N3O2.ClH/c1-3-6-21(10-15(16,17)18)14(23)12-5-4-7-20(9-12)13(22)11(2)8-19;/h11-12H,3-10,19H2,1-2H3;1H. The molecule has 0 aromatic rings. The zero-order valence-corrected chi connectivity index (χ0v) is 15.0. The number of alkyl halides is 3. The van der Waals surface area contributed by atoms with Crippen molar-refractivity contribution >= 4 is 24.2 Å². The number of carbonyl (C=O) groups excluding carboxylic acids is 2. The number of piperidine rings is 1. The van der Waals surface area contributed by atoms with Crippen molar-refractivity contribution in [2.75, 3.05) is 32.7 Å². The molecule has 142 valence electrons. The number of nitrogens with two attached hydrogens (primary N) is 1. The highest BCUT2D eigenvalue weighted by atomic mass is 35.5. The molecule has 0 saturated carbocycles. The van der Waals surface area contributed by atoms with Gasteiger partial charge in [-0.3, -0.25) is 9.59 Å². The van der Waals surface area contributed by atoms with Gasteiger partial charge in [-0.1, -0.05) is 13.8 Å². The van der Waals surface area contributed by atoms with E-state index in [1.54, 1.807) is 18.7 Å². The van der Waals surface area contributed by atoms with Crippen LogP contribution in [0.4, 0.5) is 13.2 Å². The average molecular weight is 374 g/mol. The number of nitrogens with zero attached hydrogens (tertiary/aromatic N) is 2. The summed E-state index contributed by atoms with van der Waals surface area (Å²) in [6, 6.07) is 0. The third-order valence-electron chi connectivity index (χ3n) is 4.03. The van der Waals surface area contributed by atoms with E-state index in [1.165, 1.54) is 0 Å². The maximum atomic E-state index is 12.6. The highest BCUT2D eigenvalue weighted by molar-refractivity contribution is 5.85. The Morgan fingerprint density at radius 2 is 2.00 bits per heavy atom. The van der Waals surface area contributed by atoms with Gasteiger partial charge in [-0.2, -0.15) is 13.2 Å². The van der Waals surface area contributed by atoms with E-state index in [2.05, 4.69) is 0 Å². The topological polar surface area (TPSA) is 66.6 Å². The molecule has 1 saturated heterocycles. The van der Waals surface area contributed by atoms with E-state index in [0.29, 0.717) is 25.8 Å². The predicted molar refractivity (Wildman–Crippen MR) is 87.7 cm³/mol. The number of hydrogen-bond acceptors (Lipinski definition) is 3. The van der Waals surface area contributed by atoms with E-state index in [4.69, 9.17) is 5.73 Å². The van der Waals surface area contributed by atoms with Crippen molar-refractivity contribution in [1.82, 2.24) is 9.80 Å². The summed E-state index contributed by atoms with van der Waals surface area (Å²) in [7, 11) is 0. The fraction of sp³-hybridized carbons (Fsp3) is 0.867. The average Bonchev–Trinajstić information content (AvgIpc) is 2.51. The molecule has 2 amide bonds. The molecule has 1 rings (SSSR count). The van der Waals surface area contributed by atoms with E-state index in [9.17, 15) is 22.8 Å². The molecule has 24 heavy (non-hydrogen) atoms. The molecule has 1 aliphatic heterocycles. The third-order valence-corrected chi connectivity index (χ3v) is 4.03.